The van der Waals surface area contributed by atoms with Crippen molar-refractivity contribution in [1.29, 1.82) is 0 Å². The number of unbranched alkanes of at least 4 members (excludes halogenated alkanes) is 1. The third-order valence-corrected chi connectivity index (χ3v) is 6.02. The number of anilines is 1. The number of nitrogens with zero attached hydrogens (tertiary/aromatic N) is 2. The second kappa shape index (κ2) is 12.2. The number of aliphatic imine (C=N–C) groups is 1. The molecule has 174 valence electrons. The van der Waals surface area contributed by atoms with Gasteiger partial charge in [0.15, 0.2) is 5.17 Å². The van der Waals surface area contributed by atoms with Gasteiger partial charge in [0, 0.05) is 25.3 Å². The average molecular weight is 470 g/mol. The molecule has 9 heteroatoms. The molecule has 0 unspecified atom stereocenters. The van der Waals surface area contributed by atoms with Crippen LogP contribution in [0, 0.1) is 0 Å². The largest absolute Gasteiger partial charge is 0.462 e. The Kier molecular flexibility index (Phi) is 9.03. The lowest BCUT2D eigenvalue weighted by Crippen LogP contribution is -2.34. The van der Waals surface area contributed by atoms with Crippen LogP contribution in [0.15, 0.2) is 59.6 Å². The molecule has 1 fully saturated rings. The molecule has 0 aromatic heterocycles. The highest BCUT2D eigenvalue weighted by Crippen LogP contribution is 2.32. The fraction of sp³-hybridized carbons (Fsp3) is 0.333. The van der Waals surface area contributed by atoms with E-state index in [1.165, 1.54) is 11.8 Å². The molecule has 2 amide bonds. The summed E-state index contributed by atoms with van der Waals surface area (Å²) in [6.07, 6.45) is 1.22. The predicted octanol–water partition coefficient (Wildman–Crippen LogP) is 3.60. The molecule has 1 atom stereocenters. The van der Waals surface area contributed by atoms with Crippen molar-refractivity contribution >= 4 is 46.1 Å². The molecule has 3 rings (SSSR count). The maximum absolute atomic E-state index is 13.0. The van der Waals surface area contributed by atoms with Crippen LogP contribution >= 0.6 is 11.8 Å². The van der Waals surface area contributed by atoms with E-state index in [0.29, 0.717) is 35.8 Å². The molecule has 2 N–H and O–H groups in total. The highest BCUT2D eigenvalue weighted by Gasteiger charge is 2.38. The molecule has 2 aromatic rings. The summed E-state index contributed by atoms with van der Waals surface area (Å²) in [5.41, 5.74) is 1.66. The molecule has 0 saturated carbocycles. The Morgan fingerprint density at radius 1 is 1.12 bits per heavy atom. The number of thioether (sulfide) groups is 1. The third kappa shape index (κ3) is 6.90. The Morgan fingerprint density at radius 2 is 1.85 bits per heavy atom. The number of aliphatic hydroxyl groups excluding tert-OH is 1. The van der Waals surface area contributed by atoms with Gasteiger partial charge < -0.3 is 15.2 Å². The van der Waals surface area contributed by atoms with Gasteiger partial charge in [-0.2, -0.15) is 0 Å². The Hall–Kier alpha value is -3.17. The zero-order valence-electron chi connectivity index (χ0n) is 18.4. The second-order valence-electron chi connectivity index (χ2n) is 7.31. The Morgan fingerprint density at radius 3 is 2.52 bits per heavy atom. The highest BCUT2D eigenvalue weighted by molar-refractivity contribution is 8.15. The lowest BCUT2D eigenvalue weighted by molar-refractivity contribution is -0.128. The number of benzene rings is 2. The number of esters is 1. The maximum Gasteiger partial charge on any atom is 0.338 e. The molecule has 0 radical (unpaired) electrons. The van der Waals surface area contributed by atoms with Crippen LogP contribution in [-0.4, -0.2) is 58.0 Å². The van der Waals surface area contributed by atoms with Crippen LogP contribution in [0.25, 0.3) is 0 Å². The van der Waals surface area contributed by atoms with Gasteiger partial charge in [-0.05, 0) is 56.2 Å². The van der Waals surface area contributed by atoms with Gasteiger partial charge in [-0.1, -0.05) is 30.0 Å². The molecule has 1 heterocycles. The van der Waals surface area contributed by atoms with Crippen LogP contribution in [0.2, 0.25) is 0 Å². The first kappa shape index (κ1) is 24.5. The molecular formula is C24H27N3O5S. The number of amidine groups is 1. The monoisotopic (exact) mass is 469 g/mol. The van der Waals surface area contributed by atoms with Crippen LogP contribution in [-0.2, 0) is 14.3 Å². The second-order valence-corrected chi connectivity index (χ2v) is 8.48. The van der Waals surface area contributed by atoms with Gasteiger partial charge in [0.25, 0.3) is 0 Å². The lowest BCUT2D eigenvalue weighted by Gasteiger charge is -2.16. The fourth-order valence-electron chi connectivity index (χ4n) is 3.21. The zero-order chi connectivity index (χ0) is 23.6. The number of aliphatic hydroxyl groups is 1. The lowest BCUT2D eigenvalue weighted by atomic mass is 10.2. The van der Waals surface area contributed by atoms with E-state index in [0.717, 1.165) is 5.69 Å². The Balaban J connectivity index is 1.65. The van der Waals surface area contributed by atoms with Crippen molar-refractivity contribution in [3.05, 3.63) is 60.2 Å². The van der Waals surface area contributed by atoms with Crippen LogP contribution in [0.3, 0.4) is 0 Å². The van der Waals surface area contributed by atoms with Gasteiger partial charge in [-0.15, -0.1) is 0 Å². The first-order valence-electron chi connectivity index (χ1n) is 10.8. The van der Waals surface area contributed by atoms with Crippen molar-refractivity contribution in [2.24, 2.45) is 4.99 Å². The average Bonchev–Trinajstić information content (AvgIpc) is 3.09. The highest BCUT2D eigenvalue weighted by atomic mass is 32.2. The molecule has 1 saturated heterocycles. The van der Waals surface area contributed by atoms with E-state index in [9.17, 15) is 14.4 Å². The number of carbonyl (C=O) groups is 3. The van der Waals surface area contributed by atoms with E-state index < -0.39 is 11.2 Å². The fourth-order valence-corrected chi connectivity index (χ4v) is 4.39. The van der Waals surface area contributed by atoms with Crippen LogP contribution < -0.4 is 5.32 Å². The standard InChI is InChI=1S/C24H27N3O5S/c1-2-32-23(31)17-10-12-19(13-11-17)25-21(29)16-20-22(30)27(14-6-7-15-28)24(33-20)26-18-8-4-3-5-9-18/h3-5,8-13,20,28H,2,6-7,14-16H2,1H3,(H,25,29)/t20-/m0/s1. The molecule has 8 nitrogen and oxygen atoms in total. The minimum absolute atomic E-state index is 0.00651. The SMILES string of the molecule is CCOC(=O)c1ccc(NC(=O)C[C@@H]2SC(=Nc3ccccc3)N(CCCCO)C2=O)cc1. The molecule has 33 heavy (non-hydrogen) atoms. The molecule has 1 aliphatic heterocycles. The minimum atomic E-state index is -0.583. The maximum atomic E-state index is 13.0. The van der Waals surface area contributed by atoms with E-state index in [-0.39, 0.29) is 31.4 Å². The van der Waals surface area contributed by atoms with Gasteiger partial charge in [0.05, 0.1) is 17.9 Å². The number of hydrogen-bond acceptors (Lipinski definition) is 7. The summed E-state index contributed by atoms with van der Waals surface area (Å²) in [4.78, 5) is 43.6. The number of hydrogen-bond donors (Lipinski definition) is 2. The Bertz CT molecular complexity index is 995. The van der Waals surface area contributed by atoms with E-state index >= 15 is 0 Å². The molecular weight excluding hydrogens is 442 g/mol. The first-order valence-corrected chi connectivity index (χ1v) is 11.7. The van der Waals surface area contributed by atoms with Gasteiger partial charge in [-0.25, -0.2) is 9.79 Å². The van der Waals surface area contributed by atoms with Crippen LogP contribution in [0.4, 0.5) is 11.4 Å². The minimum Gasteiger partial charge on any atom is -0.462 e. The van der Waals surface area contributed by atoms with Gasteiger partial charge >= 0.3 is 5.97 Å². The van der Waals surface area contributed by atoms with Crippen LogP contribution in [0.1, 0.15) is 36.5 Å². The van der Waals surface area contributed by atoms with Crippen molar-refractivity contribution < 1.29 is 24.2 Å². The summed E-state index contributed by atoms with van der Waals surface area (Å²) >= 11 is 1.27. The van der Waals surface area contributed by atoms with Crippen molar-refractivity contribution in [2.45, 2.75) is 31.4 Å². The van der Waals surface area contributed by atoms with Crippen molar-refractivity contribution in [2.75, 3.05) is 25.1 Å². The quantitative estimate of drug-likeness (QED) is 0.407. The summed E-state index contributed by atoms with van der Waals surface area (Å²) in [5, 5.41) is 11.8. The van der Waals surface area contributed by atoms with E-state index in [1.54, 1.807) is 36.1 Å². The Labute approximate surface area is 197 Å². The smallest absolute Gasteiger partial charge is 0.338 e. The topological polar surface area (TPSA) is 108 Å². The number of para-hydroxylation sites is 1. The number of nitrogens with one attached hydrogen (secondary N) is 1. The molecule has 0 bridgehead atoms. The first-order chi connectivity index (χ1) is 16.0. The predicted molar refractivity (Wildman–Crippen MR) is 129 cm³/mol. The number of rotatable bonds is 10. The number of ether oxygens (including phenoxy) is 1. The van der Waals surface area contributed by atoms with Gasteiger partial charge in [0.2, 0.25) is 11.8 Å². The molecule has 0 spiro atoms. The number of amides is 2. The molecule has 2 aromatic carbocycles. The van der Waals surface area contributed by atoms with Crippen molar-refractivity contribution in [3.63, 3.8) is 0 Å². The van der Waals surface area contributed by atoms with Gasteiger partial charge in [-0.3, -0.25) is 14.5 Å². The summed E-state index contributed by atoms with van der Waals surface area (Å²) in [6.45, 7) is 2.52. The summed E-state index contributed by atoms with van der Waals surface area (Å²) in [5.74, 6) is -0.892. The summed E-state index contributed by atoms with van der Waals surface area (Å²) < 4.78 is 4.95. The van der Waals surface area contributed by atoms with E-state index in [1.807, 2.05) is 30.3 Å². The normalized spacial score (nSPS) is 16.8. The number of carbonyl (C=O) groups excluding carboxylic acids is 3. The summed E-state index contributed by atoms with van der Waals surface area (Å²) in [7, 11) is 0. The van der Waals surface area contributed by atoms with Crippen molar-refractivity contribution in [3.8, 4) is 0 Å². The van der Waals surface area contributed by atoms with E-state index in [2.05, 4.69) is 10.3 Å². The van der Waals surface area contributed by atoms with Crippen molar-refractivity contribution in [1.82, 2.24) is 4.90 Å². The van der Waals surface area contributed by atoms with E-state index in [4.69, 9.17) is 9.84 Å². The molecule has 0 aliphatic carbocycles. The molecule has 1 aliphatic rings. The van der Waals surface area contributed by atoms with Crippen LogP contribution in [0.5, 0.6) is 0 Å². The van der Waals surface area contributed by atoms with Gasteiger partial charge in [0.1, 0.15) is 5.25 Å². The summed E-state index contributed by atoms with van der Waals surface area (Å²) in [6, 6.07) is 15.7. The third-order valence-electron chi connectivity index (χ3n) is 4.84. The zero-order valence-corrected chi connectivity index (χ0v) is 19.2.